The van der Waals surface area contributed by atoms with Crippen LogP contribution in [-0.4, -0.2) is 24.5 Å². The number of rotatable bonds is 3. The maximum absolute atomic E-state index is 4.97. The summed E-state index contributed by atoms with van der Waals surface area (Å²) in [5.41, 5.74) is 4.93. The second-order valence-electron chi connectivity index (χ2n) is 5.80. The number of thiazole rings is 1. The first-order valence-electron chi connectivity index (χ1n) is 8.03. The van der Waals surface area contributed by atoms with Gasteiger partial charge in [-0.3, -0.25) is 0 Å². The Bertz CT molecular complexity index is 1160. The van der Waals surface area contributed by atoms with E-state index in [0.717, 1.165) is 43.7 Å². The van der Waals surface area contributed by atoms with Crippen LogP contribution in [0.15, 0.2) is 59.7 Å². The Kier molecular flexibility index (Phi) is 3.62. The third-order valence-electron chi connectivity index (χ3n) is 4.20. The first kappa shape index (κ1) is 15.4. The van der Waals surface area contributed by atoms with Crippen molar-refractivity contribution in [2.75, 3.05) is 0 Å². The molecule has 5 aromatic rings. The average molecular weight is 375 g/mol. The zero-order valence-corrected chi connectivity index (χ0v) is 15.5. The Morgan fingerprint density at radius 3 is 2.65 bits per heavy atom. The Balaban J connectivity index is 1.79. The van der Waals surface area contributed by atoms with Crippen molar-refractivity contribution in [2.24, 2.45) is 7.05 Å². The van der Waals surface area contributed by atoms with Gasteiger partial charge in [-0.05, 0) is 11.4 Å². The van der Waals surface area contributed by atoms with E-state index >= 15 is 0 Å². The average Bonchev–Trinajstić information content (AvgIpc) is 3.40. The zero-order valence-electron chi connectivity index (χ0n) is 13.8. The third kappa shape index (κ3) is 2.44. The van der Waals surface area contributed by atoms with Crippen LogP contribution in [0.3, 0.4) is 0 Å². The molecule has 5 nitrogen and oxygen atoms in total. The molecule has 1 aromatic carbocycles. The van der Waals surface area contributed by atoms with Crippen molar-refractivity contribution >= 4 is 33.0 Å². The lowest BCUT2D eigenvalue weighted by Gasteiger charge is -2.04. The molecule has 0 spiro atoms. The maximum atomic E-state index is 4.97. The number of fused-ring (bicyclic) bond motifs is 1. The van der Waals surface area contributed by atoms with Gasteiger partial charge in [0.2, 0.25) is 0 Å². The summed E-state index contributed by atoms with van der Waals surface area (Å²) in [6.45, 7) is 0. The molecule has 0 aliphatic heterocycles. The number of benzene rings is 1. The standard InChI is InChI=1S/C19H13N5S2/c1-24-16(19-22-14-9-20-11-21-18(14)26-19)15(12-5-3-2-4-6-12)23-17(24)13-7-8-25-10-13/h2-11H,1H3. The van der Waals surface area contributed by atoms with Crippen LogP contribution in [0, 0.1) is 0 Å². The summed E-state index contributed by atoms with van der Waals surface area (Å²) in [5, 5.41) is 5.08. The first-order chi connectivity index (χ1) is 12.8. The fraction of sp³-hybridized carbons (Fsp3) is 0.0526. The van der Waals surface area contributed by atoms with E-state index in [1.54, 1.807) is 35.2 Å². The highest BCUT2D eigenvalue weighted by Gasteiger charge is 2.22. The van der Waals surface area contributed by atoms with Gasteiger partial charge in [-0.1, -0.05) is 41.7 Å². The summed E-state index contributed by atoms with van der Waals surface area (Å²) >= 11 is 3.23. The number of aromatic nitrogens is 5. The number of thiophene rings is 1. The molecule has 126 valence electrons. The summed E-state index contributed by atoms with van der Waals surface area (Å²) < 4.78 is 2.12. The van der Waals surface area contributed by atoms with Gasteiger partial charge in [0, 0.05) is 23.6 Å². The summed E-state index contributed by atoms with van der Waals surface area (Å²) in [6, 6.07) is 12.3. The Hall–Kier alpha value is -2.90. The van der Waals surface area contributed by atoms with Crippen LogP contribution < -0.4 is 0 Å². The monoisotopic (exact) mass is 375 g/mol. The van der Waals surface area contributed by atoms with Gasteiger partial charge in [0.05, 0.1) is 11.9 Å². The molecule has 0 aliphatic rings. The Morgan fingerprint density at radius 2 is 1.88 bits per heavy atom. The van der Waals surface area contributed by atoms with Crippen LogP contribution in [0.25, 0.3) is 43.7 Å². The second kappa shape index (κ2) is 6.12. The number of hydrogen-bond acceptors (Lipinski definition) is 6. The molecule has 0 unspecified atom stereocenters. The largest absolute Gasteiger partial charge is 0.325 e. The predicted molar refractivity (Wildman–Crippen MR) is 106 cm³/mol. The molecule has 26 heavy (non-hydrogen) atoms. The van der Waals surface area contributed by atoms with Gasteiger partial charge in [-0.25, -0.2) is 19.9 Å². The van der Waals surface area contributed by atoms with E-state index in [1.165, 1.54) is 0 Å². The van der Waals surface area contributed by atoms with E-state index in [0.29, 0.717) is 0 Å². The summed E-state index contributed by atoms with van der Waals surface area (Å²) in [6.07, 6.45) is 3.31. The minimum absolute atomic E-state index is 0.810. The van der Waals surface area contributed by atoms with E-state index in [4.69, 9.17) is 9.97 Å². The van der Waals surface area contributed by atoms with Crippen LogP contribution in [0.2, 0.25) is 0 Å². The summed E-state index contributed by atoms with van der Waals surface area (Å²) in [5.74, 6) is 0.936. The van der Waals surface area contributed by atoms with Crippen LogP contribution in [-0.2, 0) is 7.05 Å². The highest BCUT2D eigenvalue weighted by Crippen LogP contribution is 2.38. The smallest absolute Gasteiger partial charge is 0.147 e. The second-order valence-corrected chi connectivity index (χ2v) is 7.56. The van der Waals surface area contributed by atoms with Gasteiger partial charge in [0.15, 0.2) is 0 Å². The summed E-state index contributed by atoms with van der Waals surface area (Å²) in [7, 11) is 2.04. The predicted octanol–water partition coefficient (Wildman–Crippen LogP) is 4.88. The van der Waals surface area contributed by atoms with Crippen molar-refractivity contribution in [3.8, 4) is 33.3 Å². The van der Waals surface area contributed by atoms with Crippen molar-refractivity contribution in [3.63, 3.8) is 0 Å². The fourth-order valence-electron chi connectivity index (χ4n) is 2.98. The Labute approximate surface area is 157 Å². The van der Waals surface area contributed by atoms with Crippen molar-refractivity contribution in [1.82, 2.24) is 24.5 Å². The molecule has 0 saturated heterocycles. The molecule has 5 rings (SSSR count). The van der Waals surface area contributed by atoms with Gasteiger partial charge < -0.3 is 4.57 Å². The van der Waals surface area contributed by atoms with Gasteiger partial charge in [0.25, 0.3) is 0 Å². The number of hydrogen-bond donors (Lipinski definition) is 0. The molecule has 0 radical (unpaired) electrons. The maximum Gasteiger partial charge on any atom is 0.147 e. The molecule has 4 aromatic heterocycles. The van der Waals surface area contributed by atoms with E-state index in [2.05, 4.69) is 43.5 Å². The molecule has 0 atom stereocenters. The SMILES string of the molecule is Cn1c(-c2ccsc2)nc(-c2ccccc2)c1-c1nc2cncnc2s1. The zero-order chi connectivity index (χ0) is 17.5. The molecule has 0 fully saturated rings. The molecule has 0 saturated carbocycles. The van der Waals surface area contributed by atoms with E-state index in [9.17, 15) is 0 Å². The molecule has 0 amide bonds. The topological polar surface area (TPSA) is 56.5 Å². The van der Waals surface area contributed by atoms with Gasteiger partial charge in [-0.2, -0.15) is 11.3 Å². The van der Waals surface area contributed by atoms with Crippen LogP contribution in [0.5, 0.6) is 0 Å². The molecular formula is C19H13N5S2. The van der Waals surface area contributed by atoms with Crippen LogP contribution >= 0.6 is 22.7 Å². The third-order valence-corrected chi connectivity index (χ3v) is 5.87. The van der Waals surface area contributed by atoms with E-state index < -0.39 is 0 Å². The first-order valence-corrected chi connectivity index (χ1v) is 9.79. The number of nitrogens with zero attached hydrogens (tertiary/aromatic N) is 5. The van der Waals surface area contributed by atoms with E-state index in [-0.39, 0.29) is 0 Å². The highest BCUT2D eigenvalue weighted by atomic mass is 32.1. The molecule has 0 aliphatic carbocycles. The van der Waals surface area contributed by atoms with Gasteiger partial charge in [0.1, 0.15) is 33.2 Å². The molecule has 0 bridgehead atoms. The van der Waals surface area contributed by atoms with E-state index in [1.807, 2.05) is 25.2 Å². The highest BCUT2D eigenvalue weighted by molar-refractivity contribution is 7.21. The molecule has 0 N–H and O–H groups in total. The van der Waals surface area contributed by atoms with Crippen molar-refractivity contribution in [2.45, 2.75) is 0 Å². The molecule has 4 heterocycles. The quantitative estimate of drug-likeness (QED) is 0.451. The van der Waals surface area contributed by atoms with Crippen LogP contribution in [0.1, 0.15) is 0 Å². The lowest BCUT2D eigenvalue weighted by Crippen LogP contribution is -1.94. The van der Waals surface area contributed by atoms with Crippen molar-refractivity contribution in [3.05, 3.63) is 59.7 Å². The summed E-state index contributed by atoms with van der Waals surface area (Å²) in [4.78, 5) is 19.0. The van der Waals surface area contributed by atoms with Crippen molar-refractivity contribution < 1.29 is 0 Å². The molecular weight excluding hydrogens is 362 g/mol. The Morgan fingerprint density at radius 1 is 1.00 bits per heavy atom. The molecule has 7 heteroatoms. The number of imidazole rings is 1. The minimum Gasteiger partial charge on any atom is -0.325 e. The normalized spacial score (nSPS) is 11.3. The fourth-order valence-corrected chi connectivity index (χ4v) is 4.58. The minimum atomic E-state index is 0.810. The van der Waals surface area contributed by atoms with Crippen LogP contribution in [0.4, 0.5) is 0 Å². The van der Waals surface area contributed by atoms with Gasteiger partial charge >= 0.3 is 0 Å². The lowest BCUT2D eigenvalue weighted by molar-refractivity contribution is 0.932. The van der Waals surface area contributed by atoms with Gasteiger partial charge in [-0.15, -0.1) is 0 Å². The lowest BCUT2D eigenvalue weighted by atomic mass is 10.1. The van der Waals surface area contributed by atoms with Crippen molar-refractivity contribution in [1.29, 1.82) is 0 Å².